The zero-order valence-electron chi connectivity index (χ0n) is 13.5. The summed E-state index contributed by atoms with van der Waals surface area (Å²) in [5.74, 6) is 0.124. The van der Waals surface area contributed by atoms with Gasteiger partial charge in [-0.15, -0.1) is 5.10 Å². The number of aromatic nitrogens is 3. The molecule has 122 valence electrons. The molecule has 3 N–H and O–H groups in total. The van der Waals surface area contributed by atoms with E-state index in [4.69, 9.17) is 10.5 Å². The normalized spacial score (nSPS) is 16.1. The van der Waals surface area contributed by atoms with Gasteiger partial charge in [-0.25, -0.2) is 0 Å². The lowest BCUT2D eigenvalue weighted by atomic mass is 9.83. The van der Waals surface area contributed by atoms with Gasteiger partial charge in [0.1, 0.15) is 11.6 Å². The summed E-state index contributed by atoms with van der Waals surface area (Å²) in [5, 5.41) is 16.9. The summed E-state index contributed by atoms with van der Waals surface area (Å²) in [4.78, 5) is 4.06. The fourth-order valence-electron chi connectivity index (χ4n) is 3.07. The number of allylic oxidation sites excluding steroid dienone is 1. The summed E-state index contributed by atoms with van der Waals surface area (Å²) >= 11 is 0. The Morgan fingerprint density at radius 1 is 1.16 bits per heavy atom. The van der Waals surface area contributed by atoms with Gasteiger partial charge in [0.05, 0.1) is 17.2 Å². The Hall–Kier alpha value is -3.59. The van der Waals surface area contributed by atoms with Crippen LogP contribution in [-0.2, 0) is 0 Å². The highest BCUT2D eigenvalue weighted by molar-refractivity contribution is 5.70. The van der Waals surface area contributed by atoms with Crippen LogP contribution in [0.3, 0.4) is 0 Å². The lowest BCUT2D eigenvalue weighted by Gasteiger charge is -2.24. The van der Waals surface area contributed by atoms with Gasteiger partial charge in [-0.2, -0.15) is 5.26 Å². The minimum absolute atomic E-state index is 0.0822. The molecule has 4 rings (SSSR count). The van der Waals surface area contributed by atoms with Crippen LogP contribution >= 0.6 is 0 Å². The Labute approximate surface area is 144 Å². The zero-order chi connectivity index (χ0) is 17.4. The van der Waals surface area contributed by atoms with Crippen molar-refractivity contribution in [3.8, 4) is 23.2 Å². The molecule has 0 spiro atoms. The molecule has 0 fully saturated rings. The summed E-state index contributed by atoms with van der Waals surface area (Å²) in [7, 11) is 0. The van der Waals surface area contributed by atoms with Crippen molar-refractivity contribution in [3.63, 3.8) is 0 Å². The van der Waals surface area contributed by atoms with Crippen LogP contribution in [0.4, 0.5) is 0 Å². The molecule has 2 aromatic heterocycles. The van der Waals surface area contributed by atoms with E-state index in [2.05, 4.69) is 21.3 Å². The molecule has 0 radical (unpaired) electrons. The number of fused-ring (bicyclic) bond motifs is 1. The fraction of sp³-hybridized carbons (Fsp3) is 0.105. The standard InChI is InChI=1S/C19H15N5O/c1-11-2-4-13(5-3-11)17-16-15(12-6-8-22-9-7-12)14(10-20)18(21)25-19(16)24-23-17/h2-9,15H,21H2,1H3,(H,23,24)/t15-/m0/s1. The average Bonchev–Trinajstić information content (AvgIpc) is 3.05. The highest BCUT2D eigenvalue weighted by Gasteiger charge is 2.35. The van der Waals surface area contributed by atoms with Gasteiger partial charge in [-0.1, -0.05) is 29.8 Å². The van der Waals surface area contributed by atoms with Crippen molar-refractivity contribution in [3.05, 3.63) is 76.9 Å². The highest BCUT2D eigenvalue weighted by atomic mass is 16.5. The second kappa shape index (κ2) is 5.80. The topological polar surface area (TPSA) is 101 Å². The van der Waals surface area contributed by atoms with Gasteiger partial charge in [0.25, 0.3) is 0 Å². The molecule has 1 aliphatic heterocycles. The maximum Gasteiger partial charge on any atom is 0.244 e. The summed E-state index contributed by atoms with van der Waals surface area (Å²) in [6.07, 6.45) is 3.39. The summed E-state index contributed by atoms with van der Waals surface area (Å²) in [5.41, 5.74) is 11.0. The molecular formula is C19H15N5O. The third-order valence-corrected chi connectivity index (χ3v) is 4.32. The maximum atomic E-state index is 9.64. The molecule has 1 atom stereocenters. The van der Waals surface area contributed by atoms with Crippen molar-refractivity contribution in [2.45, 2.75) is 12.8 Å². The van der Waals surface area contributed by atoms with E-state index in [0.29, 0.717) is 11.5 Å². The van der Waals surface area contributed by atoms with E-state index in [-0.39, 0.29) is 11.8 Å². The van der Waals surface area contributed by atoms with E-state index in [1.807, 2.05) is 43.3 Å². The molecular weight excluding hydrogens is 314 g/mol. The molecule has 0 amide bonds. The molecule has 0 bridgehead atoms. The number of nitriles is 1. The molecule has 1 aromatic carbocycles. The Morgan fingerprint density at radius 2 is 1.88 bits per heavy atom. The predicted octanol–water partition coefficient (Wildman–Crippen LogP) is 3.00. The van der Waals surface area contributed by atoms with Crippen LogP contribution in [0.2, 0.25) is 0 Å². The molecule has 0 aliphatic carbocycles. The van der Waals surface area contributed by atoms with Gasteiger partial charge >= 0.3 is 0 Å². The first kappa shape index (κ1) is 15.0. The number of ether oxygens (including phenoxy) is 1. The van der Waals surface area contributed by atoms with Gasteiger partial charge in [0, 0.05) is 18.0 Å². The zero-order valence-corrected chi connectivity index (χ0v) is 13.5. The number of aromatic amines is 1. The van der Waals surface area contributed by atoms with Crippen LogP contribution in [0.25, 0.3) is 11.3 Å². The molecule has 6 heteroatoms. The maximum absolute atomic E-state index is 9.64. The number of hydrogen-bond acceptors (Lipinski definition) is 5. The van der Waals surface area contributed by atoms with Crippen molar-refractivity contribution in [1.29, 1.82) is 5.26 Å². The molecule has 25 heavy (non-hydrogen) atoms. The number of nitrogens with one attached hydrogen (secondary N) is 1. The van der Waals surface area contributed by atoms with E-state index in [9.17, 15) is 5.26 Å². The SMILES string of the molecule is Cc1ccc(-c2[nH]nc3c2[C@@H](c2ccncc2)C(C#N)=C(N)O3)cc1. The highest BCUT2D eigenvalue weighted by Crippen LogP contribution is 2.45. The van der Waals surface area contributed by atoms with Gasteiger partial charge in [0.2, 0.25) is 11.8 Å². The van der Waals surface area contributed by atoms with E-state index in [1.165, 1.54) is 5.56 Å². The van der Waals surface area contributed by atoms with Crippen molar-refractivity contribution in [2.24, 2.45) is 5.73 Å². The lowest BCUT2D eigenvalue weighted by molar-refractivity contribution is 0.379. The summed E-state index contributed by atoms with van der Waals surface area (Å²) < 4.78 is 5.59. The van der Waals surface area contributed by atoms with Crippen molar-refractivity contribution in [2.75, 3.05) is 0 Å². The molecule has 0 saturated heterocycles. The number of aryl methyl sites for hydroxylation is 1. The monoisotopic (exact) mass is 329 g/mol. The smallest absolute Gasteiger partial charge is 0.244 e. The number of benzene rings is 1. The van der Waals surface area contributed by atoms with Gasteiger partial charge in [-0.05, 0) is 24.6 Å². The van der Waals surface area contributed by atoms with Crippen LogP contribution in [0.15, 0.2) is 60.2 Å². The van der Waals surface area contributed by atoms with Crippen LogP contribution < -0.4 is 10.5 Å². The van der Waals surface area contributed by atoms with Gasteiger partial charge in [0.15, 0.2) is 0 Å². The number of hydrogen-bond donors (Lipinski definition) is 2. The molecule has 3 heterocycles. The fourth-order valence-corrected chi connectivity index (χ4v) is 3.07. The third kappa shape index (κ3) is 2.42. The summed E-state index contributed by atoms with van der Waals surface area (Å²) in [6, 6.07) is 14.0. The molecule has 1 aliphatic rings. The Bertz CT molecular complexity index is 997. The first-order valence-electron chi connectivity index (χ1n) is 7.82. The van der Waals surface area contributed by atoms with Crippen molar-refractivity contribution < 1.29 is 4.74 Å². The molecule has 6 nitrogen and oxygen atoms in total. The predicted molar refractivity (Wildman–Crippen MR) is 92.3 cm³/mol. The van der Waals surface area contributed by atoms with E-state index in [1.54, 1.807) is 12.4 Å². The Morgan fingerprint density at radius 3 is 2.56 bits per heavy atom. The number of pyridine rings is 1. The van der Waals surface area contributed by atoms with Crippen molar-refractivity contribution >= 4 is 0 Å². The quantitative estimate of drug-likeness (QED) is 0.752. The number of H-pyrrole nitrogens is 1. The van der Waals surface area contributed by atoms with Crippen LogP contribution in [0.5, 0.6) is 5.88 Å². The van der Waals surface area contributed by atoms with E-state index >= 15 is 0 Å². The van der Waals surface area contributed by atoms with E-state index < -0.39 is 0 Å². The van der Waals surface area contributed by atoms with Gasteiger partial charge < -0.3 is 10.5 Å². The number of rotatable bonds is 2. The summed E-state index contributed by atoms with van der Waals surface area (Å²) in [6.45, 7) is 2.03. The molecule has 0 unspecified atom stereocenters. The molecule has 3 aromatic rings. The van der Waals surface area contributed by atoms with Crippen molar-refractivity contribution in [1.82, 2.24) is 15.2 Å². The number of nitrogens with two attached hydrogens (primary N) is 1. The van der Waals surface area contributed by atoms with E-state index in [0.717, 1.165) is 22.4 Å². The second-order valence-corrected chi connectivity index (χ2v) is 5.89. The number of nitrogens with zero attached hydrogens (tertiary/aromatic N) is 3. The first-order valence-corrected chi connectivity index (χ1v) is 7.82. The first-order chi connectivity index (χ1) is 12.2. The van der Waals surface area contributed by atoms with Gasteiger partial charge in [-0.3, -0.25) is 10.1 Å². The van der Waals surface area contributed by atoms with Crippen LogP contribution in [0.1, 0.15) is 22.6 Å². The minimum atomic E-state index is -0.355. The average molecular weight is 329 g/mol. The van der Waals surface area contributed by atoms with Crippen LogP contribution in [-0.4, -0.2) is 15.2 Å². The minimum Gasteiger partial charge on any atom is -0.420 e. The third-order valence-electron chi connectivity index (χ3n) is 4.32. The Balaban J connectivity index is 1.94. The van der Waals surface area contributed by atoms with Crippen LogP contribution in [0, 0.1) is 18.3 Å². The Kier molecular flexibility index (Phi) is 3.47. The largest absolute Gasteiger partial charge is 0.420 e. The molecule has 0 saturated carbocycles. The second-order valence-electron chi connectivity index (χ2n) is 5.89. The lowest BCUT2D eigenvalue weighted by Crippen LogP contribution is -2.21.